The molecule has 0 bridgehead atoms. The van der Waals surface area contributed by atoms with E-state index in [4.69, 9.17) is 9.31 Å². The Morgan fingerprint density at radius 2 is 2.25 bits per heavy atom. The van der Waals surface area contributed by atoms with Crippen LogP contribution in [-0.4, -0.2) is 28.7 Å². The molecule has 0 aliphatic carbocycles. The quantitative estimate of drug-likeness (QED) is 0.223. The molecule has 0 aromatic carbocycles. The zero-order chi connectivity index (χ0) is 5.98. The van der Waals surface area contributed by atoms with Crippen molar-refractivity contribution in [3.05, 3.63) is 0 Å². The molecule has 1 aliphatic heterocycles. The van der Waals surface area contributed by atoms with Gasteiger partial charge < -0.3 is 4.74 Å². The molecule has 0 radical (unpaired) electrons. The number of hydrogen-bond acceptors (Lipinski definition) is 3. The molecular weight excluding hydrogens is 124 g/mol. The Kier molecular flexibility index (Phi) is 2.01. The fraction of sp³-hybridized carbons (Fsp3) is 1.00. The fourth-order valence-corrected chi connectivity index (χ4v) is 1.46. The summed E-state index contributed by atoms with van der Waals surface area (Å²) in [6.07, 6.45) is 0.428. The lowest BCUT2D eigenvalue weighted by atomic mass is 10.6. The van der Waals surface area contributed by atoms with E-state index >= 15 is 0 Å². The van der Waals surface area contributed by atoms with Crippen LogP contribution in [0.5, 0.6) is 0 Å². The summed E-state index contributed by atoms with van der Waals surface area (Å²) in [5, 5.41) is 0. The summed E-state index contributed by atoms with van der Waals surface area (Å²) in [5.41, 5.74) is 0.412. The minimum Gasteiger partial charge on any atom is -0.371 e. The van der Waals surface area contributed by atoms with Gasteiger partial charge in [0.25, 0.3) is 0 Å². The monoisotopic (exact) mass is 134 g/mol. The first-order valence-corrected chi connectivity index (χ1v) is 4.05. The third kappa shape index (κ3) is 1.55. The molecule has 0 aromatic rings. The van der Waals surface area contributed by atoms with E-state index in [-0.39, 0.29) is 0 Å². The summed E-state index contributed by atoms with van der Waals surface area (Å²) < 4.78 is 9.82. The molecule has 0 spiro atoms. The number of hydrogen-bond donors (Lipinski definition) is 0. The largest absolute Gasteiger partial charge is 0.371 e. The minimum atomic E-state index is -0.535. The molecule has 1 heterocycles. The molecule has 48 valence electrons. The fourth-order valence-electron chi connectivity index (χ4n) is 0.540. The molecule has 1 saturated heterocycles. The zero-order valence-corrected chi connectivity index (χ0v) is 6.50. The number of ether oxygens (including phenoxy) is 1. The van der Waals surface area contributed by atoms with E-state index in [2.05, 4.69) is 4.89 Å². The standard InChI is InChI=1S/C4H10O3Si/c1-3-4(6-3)8-7-5-2/h3-4H,8H2,1-2H3. The molecule has 0 saturated carbocycles. The Hall–Kier alpha value is 0.0969. The van der Waals surface area contributed by atoms with Gasteiger partial charge in [-0.3, -0.25) is 9.46 Å². The van der Waals surface area contributed by atoms with Crippen LogP contribution >= 0.6 is 0 Å². The third-order valence-corrected chi connectivity index (χ3v) is 2.74. The summed E-state index contributed by atoms with van der Waals surface area (Å²) in [5.74, 6) is 0. The predicted octanol–water partition coefficient (Wildman–Crippen LogP) is -0.607. The van der Waals surface area contributed by atoms with Crippen molar-refractivity contribution < 1.29 is 14.2 Å². The molecule has 4 heteroatoms. The molecule has 3 nitrogen and oxygen atoms in total. The molecule has 2 unspecified atom stereocenters. The molecule has 1 rings (SSSR count). The smallest absolute Gasteiger partial charge is 0.240 e. The van der Waals surface area contributed by atoms with Crippen LogP contribution in [0.1, 0.15) is 6.92 Å². The Morgan fingerprint density at radius 3 is 2.62 bits per heavy atom. The first-order valence-electron chi connectivity index (χ1n) is 2.65. The highest BCUT2D eigenvalue weighted by Crippen LogP contribution is 2.18. The first-order chi connectivity index (χ1) is 3.84. The average molecular weight is 134 g/mol. The van der Waals surface area contributed by atoms with Gasteiger partial charge in [0.1, 0.15) is 0 Å². The van der Waals surface area contributed by atoms with Gasteiger partial charge in [0.2, 0.25) is 9.76 Å². The van der Waals surface area contributed by atoms with Gasteiger partial charge in [-0.2, -0.15) is 0 Å². The Balaban J connectivity index is 1.89. The van der Waals surface area contributed by atoms with Crippen LogP contribution in [0.3, 0.4) is 0 Å². The van der Waals surface area contributed by atoms with Crippen molar-refractivity contribution in [1.29, 1.82) is 0 Å². The van der Waals surface area contributed by atoms with Gasteiger partial charge in [0.15, 0.2) is 0 Å². The topological polar surface area (TPSA) is 31.0 Å². The summed E-state index contributed by atoms with van der Waals surface area (Å²) in [6.45, 7) is 2.04. The van der Waals surface area contributed by atoms with Crippen LogP contribution in [-0.2, 0) is 14.2 Å². The summed E-state index contributed by atoms with van der Waals surface area (Å²) >= 11 is 0. The highest BCUT2D eigenvalue weighted by atomic mass is 28.2. The second-order valence-electron chi connectivity index (χ2n) is 1.83. The molecule has 0 N–H and O–H groups in total. The second-order valence-corrected chi connectivity index (χ2v) is 3.20. The van der Waals surface area contributed by atoms with Crippen molar-refractivity contribution in [2.45, 2.75) is 18.8 Å². The van der Waals surface area contributed by atoms with Gasteiger partial charge in [-0.1, -0.05) is 0 Å². The van der Waals surface area contributed by atoms with Gasteiger partial charge in [0, 0.05) is 0 Å². The van der Waals surface area contributed by atoms with Gasteiger partial charge in [0.05, 0.1) is 18.9 Å². The van der Waals surface area contributed by atoms with Crippen molar-refractivity contribution in [2.24, 2.45) is 0 Å². The van der Waals surface area contributed by atoms with E-state index in [0.717, 1.165) is 0 Å². The molecule has 0 aromatic heterocycles. The van der Waals surface area contributed by atoms with Gasteiger partial charge in [-0.15, -0.1) is 0 Å². The maximum absolute atomic E-state index is 5.08. The van der Waals surface area contributed by atoms with Crippen molar-refractivity contribution >= 4 is 9.76 Å². The second kappa shape index (κ2) is 2.59. The van der Waals surface area contributed by atoms with Crippen LogP contribution in [0.2, 0.25) is 0 Å². The molecule has 1 fully saturated rings. The van der Waals surface area contributed by atoms with Crippen molar-refractivity contribution in [1.82, 2.24) is 0 Å². The van der Waals surface area contributed by atoms with Crippen LogP contribution < -0.4 is 0 Å². The summed E-state index contributed by atoms with van der Waals surface area (Å²) in [7, 11) is 0.993. The van der Waals surface area contributed by atoms with Gasteiger partial charge in [-0.05, 0) is 6.92 Å². The van der Waals surface area contributed by atoms with E-state index < -0.39 is 9.76 Å². The summed E-state index contributed by atoms with van der Waals surface area (Å²) in [4.78, 5) is 4.42. The van der Waals surface area contributed by atoms with Gasteiger partial charge >= 0.3 is 0 Å². The van der Waals surface area contributed by atoms with Crippen LogP contribution in [0, 0.1) is 0 Å². The maximum atomic E-state index is 5.08. The highest BCUT2D eigenvalue weighted by molar-refractivity contribution is 6.30. The normalized spacial score (nSPS) is 36.8. The highest BCUT2D eigenvalue weighted by Gasteiger charge is 2.35. The minimum absolute atomic E-state index is 0.412. The van der Waals surface area contributed by atoms with E-state index in [1.807, 2.05) is 6.92 Å². The Labute approximate surface area is 50.8 Å². The van der Waals surface area contributed by atoms with E-state index in [1.54, 1.807) is 0 Å². The number of epoxide rings is 1. The molecule has 8 heavy (non-hydrogen) atoms. The molecule has 0 amide bonds. The zero-order valence-electron chi connectivity index (χ0n) is 5.09. The Morgan fingerprint density at radius 1 is 1.62 bits per heavy atom. The van der Waals surface area contributed by atoms with Crippen LogP contribution in [0.4, 0.5) is 0 Å². The van der Waals surface area contributed by atoms with Crippen LogP contribution in [0.25, 0.3) is 0 Å². The SMILES string of the molecule is COO[SiH2]C1OC1C. The van der Waals surface area contributed by atoms with Crippen molar-refractivity contribution in [2.75, 3.05) is 7.11 Å². The van der Waals surface area contributed by atoms with E-state index in [0.29, 0.717) is 11.8 Å². The summed E-state index contributed by atoms with van der Waals surface area (Å²) in [6, 6.07) is 0. The van der Waals surface area contributed by atoms with Gasteiger partial charge in [-0.25, -0.2) is 0 Å². The predicted molar refractivity (Wildman–Crippen MR) is 31.0 cm³/mol. The Bertz CT molecular complexity index is 77.7. The molecule has 2 atom stereocenters. The maximum Gasteiger partial charge on any atom is 0.240 e. The third-order valence-electron chi connectivity index (χ3n) is 1.19. The lowest BCUT2D eigenvalue weighted by Crippen LogP contribution is -2.06. The van der Waals surface area contributed by atoms with E-state index in [9.17, 15) is 0 Å². The van der Waals surface area contributed by atoms with Crippen molar-refractivity contribution in [3.63, 3.8) is 0 Å². The molecular formula is C4H10O3Si. The van der Waals surface area contributed by atoms with Crippen LogP contribution in [0.15, 0.2) is 0 Å². The lowest BCUT2D eigenvalue weighted by Gasteiger charge is -1.91. The average Bonchev–Trinajstić information content (AvgIpc) is 2.42. The molecule has 1 aliphatic rings. The van der Waals surface area contributed by atoms with E-state index in [1.165, 1.54) is 7.11 Å². The number of rotatable bonds is 3. The first kappa shape index (κ1) is 6.22. The van der Waals surface area contributed by atoms with Crippen molar-refractivity contribution in [3.8, 4) is 0 Å². The lowest BCUT2D eigenvalue weighted by molar-refractivity contribution is -0.180.